The van der Waals surface area contributed by atoms with Gasteiger partial charge in [0.15, 0.2) is 5.96 Å². The number of benzene rings is 1. The maximum Gasteiger partial charge on any atom is 0.191 e. The zero-order chi connectivity index (χ0) is 14.5. The molecule has 0 unspecified atom stereocenters. The van der Waals surface area contributed by atoms with E-state index in [4.69, 9.17) is 4.74 Å². The summed E-state index contributed by atoms with van der Waals surface area (Å²) < 4.78 is 5.28. The van der Waals surface area contributed by atoms with Crippen molar-refractivity contribution in [1.29, 1.82) is 0 Å². The minimum atomic E-state index is -0.00780. The van der Waals surface area contributed by atoms with E-state index in [9.17, 15) is 0 Å². The topological polar surface area (TPSA) is 45.7 Å². The van der Waals surface area contributed by atoms with Gasteiger partial charge < -0.3 is 15.4 Å². The molecule has 0 saturated carbocycles. The van der Waals surface area contributed by atoms with E-state index in [1.807, 2.05) is 12.1 Å². The summed E-state index contributed by atoms with van der Waals surface area (Å²) >= 11 is 0. The summed E-state index contributed by atoms with van der Waals surface area (Å²) in [5, 5.41) is 6.63. The average molecular weight is 391 g/mol. The number of halogens is 1. The molecule has 0 amide bonds. The van der Waals surface area contributed by atoms with Crippen LogP contribution in [-0.4, -0.2) is 25.7 Å². The van der Waals surface area contributed by atoms with E-state index < -0.39 is 0 Å². The smallest absolute Gasteiger partial charge is 0.191 e. The summed E-state index contributed by atoms with van der Waals surface area (Å²) in [6, 6.07) is 6.19. The summed E-state index contributed by atoms with van der Waals surface area (Å²) in [7, 11) is 3.46. The molecule has 0 aromatic heterocycles. The van der Waals surface area contributed by atoms with Crippen LogP contribution in [0.5, 0.6) is 5.75 Å². The molecule has 1 aromatic rings. The van der Waals surface area contributed by atoms with Gasteiger partial charge in [0.1, 0.15) is 5.75 Å². The number of guanidine groups is 1. The number of nitrogens with zero attached hydrogens (tertiary/aromatic N) is 1. The maximum atomic E-state index is 5.28. The van der Waals surface area contributed by atoms with Crippen molar-refractivity contribution in [3.05, 3.63) is 29.3 Å². The number of rotatable bonds is 3. The first kappa shape index (κ1) is 19.0. The molecule has 4 nitrogen and oxygen atoms in total. The van der Waals surface area contributed by atoms with Crippen LogP contribution in [0.1, 0.15) is 31.9 Å². The van der Waals surface area contributed by atoms with E-state index in [0.717, 1.165) is 11.7 Å². The Labute approximate surface area is 139 Å². The fraction of sp³-hybridized carbons (Fsp3) is 0.533. The molecule has 2 N–H and O–H groups in total. The lowest BCUT2D eigenvalue weighted by molar-refractivity contribution is 0.414. The van der Waals surface area contributed by atoms with Crippen LogP contribution in [0.3, 0.4) is 0 Å². The van der Waals surface area contributed by atoms with Gasteiger partial charge >= 0.3 is 0 Å². The molecule has 0 radical (unpaired) electrons. The SMILES string of the molecule is CN=C(NCc1cc(C)cc(OC)c1)NC(C)(C)C.I. The Morgan fingerprint density at radius 3 is 2.40 bits per heavy atom. The normalized spacial score (nSPS) is 11.6. The van der Waals surface area contributed by atoms with Crippen molar-refractivity contribution < 1.29 is 4.74 Å². The minimum Gasteiger partial charge on any atom is -0.497 e. The lowest BCUT2D eigenvalue weighted by atomic mass is 10.1. The van der Waals surface area contributed by atoms with Crippen LogP contribution in [0.15, 0.2) is 23.2 Å². The highest BCUT2D eigenvalue weighted by atomic mass is 127. The van der Waals surface area contributed by atoms with Gasteiger partial charge in [0, 0.05) is 19.1 Å². The van der Waals surface area contributed by atoms with Crippen LogP contribution in [0, 0.1) is 6.92 Å². The molecular weight excluding hydrogens is 365 g/mol. The van der Waals surface area contributed by atoms with Gasteiger partial charge in [0.05, 0.1) is 7.11 Å². The van der Waals surface area contributed by atoms with Gasteiger partial charge in [-0.1, -0.05) is 6.07 Å². The summed E-state index contributed by atoms with van der Waals surface area (Å²) in [5.74, 6) is 1.68. The van der Waals surface area contributed by atoms with Gasteiger partial charge in [-0.3, -0.25) is 4.99 Å². The highest BCUT2D eigenvalue weighted by Gasteiger charge is 2.11. The fourth-order valence-electron chi connectivity index (χ4n) is 1.76. The molecule has 1 rings (SSSR count). The van der Waals surface area contributed by atoms with Crippen LogP contribution in [-0.2, 0) is 6.54 Å². The fourth-order valence-corrected chi connectivity index (χ4v) is 1.76. The monoisotopic (exact) mass is 391 g/mol. The van der Waals surface area contributed by atoms with Crippen LogP contribution in [0.2, 0.25) is 0 Å². The highest BCUT2D eigenvalue weighted by Crippen LogP contribution is 2.16. The molecule has 0 aliphatic carbocycles. The van der Waals surface area contributed by atoms with Gasteiger partial charge in [-0.15, -0.1) is 24.0 Å². The van der Waals surface area contributed by atoms with Crippen LogP contribution >= 0.6 is 24.0 Å². The lowest BCUT2D eigenvalue weighted by Gasteiger charge is -2.23. The van der Waals surface area contributed by atoms with Crippen LogP contribution in [0.4, 0.5) is 0 Å². The van der Waals surface area contributed by atoms with Crippen molar-refractivity contribution in [2.75, 3.05) is 14.2 Å². The van der Waals surface area contributed by atoms with Gasteiger partial charge in [0.2, 0.25) is 0 Å². The Hall–Kier alpha value is -0.980. The molecule has 0 bridgehead atoms. The van der Waals surface area contributed by atoms with Crippen molar-refractivity contribution in [3.8, 4) is 5.75 Å². The minimum absolute atomic E-state index is 0. The van der Waals surface area contributed by atoms with Gasteiger partial charge in [-0.05, 0) is 51.0 Å². The first-order valence-electron chi connectivity index (χ1n) is 6.47. The third kappa shape index (κ3) is 6.98. The lowest BCUT2D eigenvalue weighted by Crippen LogP contribution is -2.47. The number of methoxy groups -OCH3 is 1. The van der Waals surface area contributed by atoms with E-state index in [2.05, 4.69) is 49.4 Å². The summed E-state index contributed by atoms with van der Waals surface area (Å²) in [4.78, 5) is 4.22. The maximum absolute atomic E-state index is 5.28. The van der Waals surface area contributed by atoms with Crippen LogP contribution < -0.4 is 15.4 Å². The molecule has 0 aliphatic heterocycles. The molecular formula is C15H26IN3O. The van der Waals surface area contributed by atoms with E-state index in [0.29, 0.717) is 6.54 Å². The van der Waals surface area contributed by atoms with Gasteiger partial charge in [-0.25, -0.2) is 0 Å². The number of aliphatic imine (C=N–C) groups is 1. The third-order valence-electron chi connectivity index (χ3n) is 2.52. The van der Waals surface area contributed by atoms with E-state index >= 15 is 0 Å². The first-order valence-corrected chi connectivity index (χ1v) is 6.47. The summed E-state index contributed by atoms with van der Waals surface area (Å²) in [5.41, 5.74) is 2.36. The third-order valence-corrected chi connectivity index (χ3v) is 2.52. The number of ether oxygens (including phenoxy) is 1. The Balaban J connectivity index is 0.00000361. The van der Waals surface area contributed by atoms with E-state index in [1.54, 1.807) is 14.2 Å². The van der Waals surface area contributed by atoms with Crippen molar-refractivity contribution in [2.24, 2.45) is 4.99 Å². The second kappa shape index (κ2) is 8.34. The quantitative estimate of drug-likeness (QED) is 0.473. The Kier molecular flexibility index (Phi) is 7.93. The molecule has 1 aromatic carbocycles. The first-order chi connectivity index (χ1) is 8.84. The van der Waals surface area contributed by atoms with Gasteiger partial charge in [0.25, 0.3) is 0 Å². The highest BCUT2D eigenvalue weighted by molar-refractivity contribution is 14.0. The second-order valence-corrected chi connectivity index (χ2v) is 5.66. The van der Waals surface area contributed by atoms with Gasteiger partial charge in [-0.2, -0.15) is 0 Å². The number of nitrogens with one attached hydrogen (secondary N) is 2. The molecule has 0 aliphatic rings. The molecule has 0 atom stereocenters. The zero-order valence-corrected chi connectivity index (χ0v) is 15.5. The number of hydrogen-bond donors (Lipinski definition) is 2. The standard InChI is InChI=1S/C15H25N3O.HI/c1-11-7-12(9-13(8-11)19-6)10-17-14(16-5)18-15(2,3)4;/h7-9H,10H2,1-6H3,(H2,16,17,18);1H. The van der Waals surface area contributed by atoms with E-state index in [-0.39, 0.29) is 29.5 Å². The Bertz CT molecular complexity index is 453. The van der Waals surface area contributed by atoms with Crippen molar-refractivity contribution in [1.82, 2.24) is 10.6 Å². The molecule has 0 heterocycles. The predicted octanol–water partition coefficient (Wildman–Crippen LogP) is 3.09. The molecule has 0 saturated heterocycles. The Morgan fingerprint density at radius 2 is 1.90 bits per heavy atom. The Morgan fingerprint density at radius 1 is 1.25 bits per heavy atom. The summed E-state index contributed by atoms with van der Waals surface area (Å²) in [6.45, 7) is 9.10. The van der Waals surface area contributed by atoms with E-state index in [1.165, 1.54) is 11.1 Å². The predicted molar refractivity (Wildman–Crippen MR) is 96.2 cm³/mol. The molecule has 5 heteroatoms. The van der Waals surface area contributed by atoms with Crippen molar-refractivity contribution >= 4 is 29.9 Å². The largest absolute Gasteiger partial charge is 0.497 e. The van der Waals surface area contributed by atoms with Crippen LogP contribution in [0.25, 0.3) is 0 Å². The average Bonchev–Trinajstić information content (AvgIpc) is 2.32. The van der Waals surface area contributed by atoms with Crippen molar-refractivity contribution in [3.63, 3.8) is 0 Å². The zero-order valence-electron chi connectivity index (χ0n) is 13.2. The van der Waals surface area contributed by atoms with Crippen molar-refractivity contribution in [2.45, 2.75) is 39.8 Å². The molecule has 20 heavy (non-hydrogen) atoms. The molecule has 0 fully saturated rings. The summed E-state index contributed by atoms with van der Waals surface area (Å²) in [6.07, 6.45) is 0. The molecule has 114 valence electrons. The number of hydrogen-bond acceptors (Lipinski definition) is 2. The molecule has 0 spiro atoms. The second-order valence-electron chi connectivity index (χ2n) is 5.66. The number of aryl methyl sites for hydroxylation is 1.